The number of aromatic nitrogens is 2. The van der Waals surface area contributed by atoms with E-state index in [0.29, 0.717) is 17.9 Å². The fourth-order valence-electron chi connectivity index (χ4n) is 2.67. The molecule has 1 aromatic carbocycles. The molecule has 0 bridgehead atoms. The number of benzene rings is 1. The molecule has 7 heteroatoms. The Labute approximate surface area is 147 Å². The second kappa shape index (κ2) is 5.99. The number of anilines is 1. The first-order valence-electron chi connectivity index (χ1n) is 6.62. The molecule has 0 saturated heterocycles. The van der Waals surface area contributed by atoms with Crippen LogP contribution in [0.25, 0.3) is 11.3 Å². The van der Waals surface area contributed by atoms with Gasteiger partial charge in [-0.3, -0.25) is 0 Å². The summed E-state index contributed by atoms with van der Waals surface area (Å²) < 4.78 is 5.32. The highest BCUT2D eigenvalue weighted by Gasteiger charge is 2.36. The molecule has 0 amide bonds. The molecule has 5 nitrogen and oxygen atoms in total. The van der Waals surface area contributed by atoms with Crippen LogP contribution < -0.4 is 5.32 Å². The molecule has 0 fully saturated rings. The van der Waals surface area contributed by atoms with Gasteiger partial charge in [-0.05, 0) is 35.4 Å². The first-order valence-corrected chi connectivity index (χ1v) is 7.88. The number of fused-ring (bicyclic) bond motifs is 1. The predicted octanol–water partition coefficient (Wildman–Crippen LogP) is 3.72. The Hall–Kier alpha value is -1.43. The third kappa shape index (κ3) is 2.64. The van der Waals surface area contributed by atoms with Gasteiger partial charge in [-0.25, -0.2) is 9.97 Å². The molecule has 2 heterocycles. The summed E-state index contributed by atoms with van der Waals surface area (Å²) in [4.78, 5) is 8.12. The lowest BCUT2D eigenvalue weighted by molar-refractivity contribution is 0.312. The minimum atomic E-state index is -0.186. The number of nitrogens with one attached hydrogen (secondary N) is 1. The molecule has 0 aliphatic carbocycles. The standard InChI is InChI=1S/C15H12ClIN4O/c1-15(8-22-17)7-20-13-10(6-18)4-9(5-11(13)15)12-2-3-19-14(16)21-12/h2-5,20H,7-8H2,1H3/t15-/m1/s1. The Kier molecular flexibility index (Phi) is 4.21. The van der Waals surface area contributed by atoms with Crippen molar-refractivity contribution in [2.75, 3.05) is 18.5 Å². The number of hydrogen-bond acceptors (Lipinski definition) is 5. The summed E-state index contributed by atoms with van der Waals surface area (Å²) >= 11 is 7.77. The summed E-state index contributed by atoms with van der Waals surface area (Å²) in [7, 11) is 0. The minimum absolute atomic E-state index is 0.186. The molecule has 0 saturated carbocycles. The average molecular weight is 427 g/mol. The smallest absolute Gasteiger partial charge is 0.222 e. The number of hydrogen-bond donors (Lipinski definition) is 1. The maximum atomic E-state index is 9.45. The summed E-state index contributed by atoms with van der Waals surface area (Å²) in [6.07, 6.45) is 1.61. The Balaban J connectivity index is 2.18. The van der Waals surface area contributed by atoms with Crippen molar-refractivity contribution >= 4 is 40.3 Å². The Morgan fingerprint density at radius 2 is 2.36 bits per heavy atom. The fourth-order valence-corrected chi connectivity index (χ4v) is 3.50. The van der Waals surface area contributed by atoms with Gasteiger partial charge in [-0.1, -0.05) is 6.92 Å². The van der Waals surface area contributed by atoms with Crippen molar-refractivity contribution in [2.45, 2.75) is 12.3 Å². The van der Waals surface area contributed by atoms with E-state index < -0.39 is 0 Å². The molecular formula is C15H12ClIN4O. The fraction of sp³-hybridized carbons (Fsp3) is 0.267. The van der Waals surface area contributed by atoms with Crippen LogP contribution in [-0.2, 0) is 8.48 Å². The SMILES string of the molecule is C[C@]1(COI)CNc2c(C#N)cc(-c3ccnc(Cl)n3)cc21. The van der Waals surface area contributed by atoms with E-state index in [1.54, 1.807) is 12.3 Å². The molecule has 0 radical (unpaired) electrons. The maximum absolute atomic E-state index is 9.45. The van der Waals surface area contributed by atoms with Crippen molar-refractivity contribution in [3.8, 4) is 17.3 Å². The van der Waals surface area contributed by atoms with Gasteiger partial charge < -0.3 is 8.38 Å². The Bertz CT molecular complexity index is 777. The zero-order valence-electron chi connectivity index (χ0n) is 11.7. The van der Waals surface area contributed by atoms with Crippen molar-refractivity contribution in [1.29, 1.82) is 5.26 Å². The zero-order valence-corrected chi connectivity index (χ0v) is 14.6. The van der Waals surface area contributed by atoms with Crippen LogP contribution in [0.4, 0.5) is 5.69 Å². The summed E-state index contributed by atoms with van der Waals surface area (Å²) in [5.41, 5.74) is 3.90. The first kappa shape index (κ1) is 15.5. The molecule has 112 valence electrons. The second-order valence-electron chi connectivity index (χ2n) is 5.44. The monoisotopic (exact) mass is 426 g/mol. The van der Waals surface area contributed by atoms with Gasteiger partial charge in [-0.15, -0.1) is 0 Å². The Morgan fingerprint density at radius 3 is 3.05 bits per heavy atom. The van der Waals surface area contributed by atoms with Gasteiger partial charge >= 0.3 is 0 Å². The number of rotatable bonds is 3. The highest BCUT2D eigenvalue weighted by molar-refractivity contribution is 14.1. The normalized spacial score (nSPS) is 19.4. The Morgan fingerprint density at radius 1 is 1.55 bits per heavy atom. The van der Waals surface area contributed by atoms with E-state index in [9.17, 15) is 5.26 Å². The summed E-state index contributed by atoms with van der Waals surface area (Å²) in [5.74, 6) is 0. The van der Waals surface area contributed by atoms with Crippen LogP contribution in [0.5, 0.6) is 0 Å². The van der Waals surface area contributed by atoms with Gasteiger partial charge in [0.05, 0.1) is 23.6 Å². The summed E-state index contributed by atoms with van der Waals surface area (Å²) in [6.45, 7) is 3.41. The second-order valence-corrected chi connectivity index (χ2v) is 6.40. The van der Waals surface area contributed by atoms with Crippen molar-refractivity contribution in [1.82, 2.24) is 9.97 Å². The molecule has 22 heavy (non-hydrogen) atoms. The van der Waals surface area contributed by atoms with Gasteiger partial charge in [0.1, 0.15) is 29.1 Å². The highest BCUT2D eigenvalue weighted by Crippen LogP contribution is 2.41. The minimum Gasteiger partial charge on any atom is -0.383 e. The topological polar surface area (TPSA) is 70.8 Å². The van der Waals surface area contributed by atoms with Crippen molar-refractivity contribution < 1.29 is 3.07 Å². The van der Waals surface area contributed by atoms with Crippen LogP contribution in [0.3, 0.4) is 0 Å². The predicted molar refractivity (Wildman–Crippen MR) is 93.0 cm³/mol. The molecule has 1 aromatic heterocycles. The van der Waals surface area contributed by atoms with Crippen LogP contribution >= 0.6 is 34.6 Å². The third-order valence-electron chi connectivity index (χ3n) is 3.86. The van der Waals surface area contributed by atoms with Crippen molar-refractivity contribution in [3.05, 3.63) is 40.8 Å². The van der Waals surface area contributed by atoms with E-state index >= 15 is 0 Å². The van der Waals surface area contributed by atoms with Crippen LogP contribution in [-0.4, -0.2) is 23.1 Å². The highest BCUT2D eigenvalue weighted by atomic mass is 127. The largest absolute Gasteiger partial charge is 0.383 e. The van der Waals surface area contributed by atoms with Gasteiger partial charge in [0, 0.05) is 23.7 Å². The molecule has 0 unspecified atom stereocenters. The van der Waals surface area contributed by atoms with Gasteiger partial charge in [0.2, 0.25) is 5.28 Å². The quantitative estimate of drug-likeness (QED) is 0.598. The lowest BCUT2D eigenvalue weighted by atomic mass is 9.83. The summed E-state index contributed by atoms with van der Waals surface area (Å²) in [6, 6.07) is 7.90. The van der Waals surface area contributed by atoms with Gasteiger partial charge in [0.15, 0.2) is 0 Å². The number of nitrogens with zero attached hydrogens (tertiary/aromatic N) is 3. The number of halogens is 2. The molecule has 0 spiro atoms. The zero-order chi connectivity index (χ0) is 15.7. The molecule has 1 N–H and O–H groups in total. The molecule has 1 aliphatic rings. The lowest BCUT2D eigenvalue weighted by Gasteiger charge is -2.22. The molecular weight excluding hydrogens is 415 g/mol. The third-order valence-corrected chi connectivity index (χ3v) is 4.35. The van der Waals surface area contributed by atoms with Crippen LogP contribution in [0.1, 0.15) is 18.1 Å². The van der Waals surface area contributed by atoms with Crippen LogP contribution in [0, 0.1) is 11.3 Å². The first-order chi connectivity index (χ1) is 10.6. The molecule has 3 rings (SSSR count). The van der Waals surface area contributed by atoms with Gasteiger partial charge in [0.25, 0.3) is 0 Å². The maximum Gasteiger partial charge on any atom is 0.222 e. The number of nitriles is 1. The van der Waals surface area contributed by atoms with Crippen molar-refractivity contribution in [3.63, 3.8) is 0 Å². The van der Waals surface area contributed by atoms with E-state index in [1.165, 1.54) is 0 Å². The van der Waals surface area contributed by atoms with Crippen molar-refractivity contribution in [2.24, 2.45) is 0 Å². The van der Waals surface area contributed by atoms with Crippen LogP contribution in [0.15, 0.2) is 24.4 Å². The molecule has 2 aromatic rings. The van der Waals surface area contributed by atoms with Crippen LogP contribution in [0.2, 0.25) is 5.28 Å². The van der Waals surface area contributed by atoms with E-state index in [2.05, 4.69) is 28.3 Å². The van der Waals surface area contributed by atoms with Gasteiger partial charge in [-0.2, -0.15) is 5.26 Å². The average Bonchev–Trinajstić information content (AvgIpc) is 2.84. The summed E-state index contributed by atoms with van der Waals surface area (Å²) in [5, 5.41) is 13.0. The van der Waals surface area contributed by atoms with E-state index in [-0.39, 0.29) is 10.7 Å². The van der Waals surface area contributed by atoms with E-state index in [4.69, 9.17) is 14.7 Å². The van der Waals surface area contributed by atoms with E-state index in [1.807, 2.05) is 35.1 Å². The molecule has 1 atom stereocenters. The van der Waals surface area contributed by atoms with E-state index in [0.717, 1.165) is 23.4 Å². The lowest BCUT2D eigenvalue weighted by Crippen LogP contribution is -2.29. The molecule has 1 aliphatic heterocycles.